The van der Waals surface area contributed by atoms with E-state index < -0.39 is 23.2 Å². The van der Waals surface area contributed by atoms with E-state index in [1.807, 2.05) is 24.4 Å². The summed E-state index contributed by atoms with van der Waals surface area (Å²) in [4.78, 5) is 12.9. The Morgan fingerprint density at radius 2 is 1.95 bits per heavy atom. The van der Waals surface area contributed by atoms with Crippen molar-refractivity contribution in [2.45, 2.75) is 19.4 Å². The lowest BCUT2D eigenvalue weighted by atomic mass is 10.2. The van der Waals surface area contributed by atoms with E-state index in [9.17, 15) is 13.6 Å². The van der Waals surface area contributed by atoms with Gasteiger partial charge in [0, 0.05) is 10.9 Å². The van der Waals surface area contributed by atoms with Gasteiger partial charge in [0.2, 0.25) is 5.91 Å². The smallest absolute Gasteiger partial charge is 0.238 e. The normalized spacial score (nSPS) is 12.1. The van der Waals surface area contributed by atoms with Crippen LogP contribution in [0.25, 0.3) is 0 Å². The fourth-order valence-corrected chi connectivity index (χ4v) is 2.71. The number of nitrogens with one attached hydrogen (secondary N) is 2. The van der Waals surface area contributed by atoms with Gasteiger partial charge in [-0.2, -0.15) is 0 Å². The Hall–Kier alpha value is -1.79. The number of rotatable bonds is 6. The minimum atomic E-state index is -0.782. The predicted molar refractivity (Wildman–Crippen MR) is 80.5 cm³/mol. The number of hydrogen-bond acceptors (Lipinski definition) is 3. The van der Waals surface area contributed by atoms with Crippen molar-refractivity contribution in [1.29, 1.82) is 0 Å². The molecule has 1 atom stereocenters. The zero-order valence-corrected chi connectivity index (χ0v) is 12.3. The first-order valence-electron chi connectivity index (χ1n) is 6.56. The second kappa shape index (κ2) is 7.28. The van der Waals surface area contributed by atoms with Crippen LogP contribution in [0.1, 0.15) is 11.8 Å². The fourth-order valence-electron chi connectivity index (χ4n) is 1.87. The van der Waals surface area contributed by atoms with E-state index in [0.717, 1.165) is 18.6 Å². The van der Waals surface area contributed by atoms with E-state index in [1.54, 1.807) is 11.3 Å². The number of thiophene rings is 1. The van der Waals surface area contributed by atoms with Crippen LogP contribution in [-0.2, 0) is 11.2 Å². The standard InChI is InChI=1S/C15H16F2N2OS/c1-10(8-11-4-3-7-21-11)18-9-14(20)19-15-12(16)5-2-6-13(15)17/h2-7,10,18H,8-9H2,1H3,(H,19,20). The zero-order valence-electron chi connectivity index (χ0n) is 11.5. The molecule has 21 heavy (non-hydrogen) atoms. The molecule has 1 unspecified atom stereocenters. The number of benzene rings is 1. The number of carbonyl (C=O) groups is 1. The first kappa shape index (κ1) is 15.6. The number of amides is 1. The Labute approximate surface area is 126 Å². The van der Waals surface area contributed by atoms with E-state index >= 15 is 0 Å². The maximum absolute atomic E-state index is 13.4. The molecule has 3 nitrogen and oxygen atoms in total. The van der Waals surface area contributed by atoms with Gasteiger partial charge in [0.15, 0.2) is 0 Å². The lowest BCUT2D eigenvalue weighted by Gasteiger charge is -2.13. The molecule has 0 bridgehead atoms. The highest BCUT2D eigenvalue weighted by atomic mass is 32.1. The number of para-hydroxylation sites is 1. The number of anilines is 1. The quantitative estimate of drug-likeness (QED) is 0.860. The molecule has 1 heterocycles. The van der Waals surface area contributed by atoms with Crippen LogP contribution in [0.4, 0.5) is 14.5 Å². The summed E-state index contributed by atoms with van der Waals surface area (Å²) in [5.41, 5.74) is -0.407. The monoisotopic (exact) mass is 310 g/mol. The molecule has 2 aromatic rings. The Morgan fingerprint density at radius 3 is 2.57 bits per heavy atom. The van der Waals surface area contributed by atoms with Gasteiger partial charge in [-0.25, -0.2) is 8.78 Å². The second-order valence-corrected chi connectivity index (χ2v) is 5.74. The van der Waals surface area contributed by atoms with Crippen molar-refractivity contribution in [2.75, 3.05) is 11.9 Å². The van der Waals surface area contributed by atoms with Crippen LogP contribution >= 0.6 is 11.3 Å². The number of halogens is 2. The molecule has 1 aromatic heterocycles. The van der Waals surface area contributed by atoms with Gasteiger partial charge in [0.1, 0.15) is 17.3 Å². The number of carbonyl (C=O) groups excluding carboxylic acids is 1. The Balaban J connectivity index is 1.82. The molecular weight excluding hydrogens is 294 g/mol. The van der Waals surface area contributed by atoms with Crippen molar-refractivity contribution in [1.82, 2.24) is 5.32 Å². The second-order valence-electron chi connectivity index (χ2n) is 4.71. The third-order valence-electron chi connectivity index (χ3n) is 2.93. The maximum atomic E-state index is 13.4. The van der Waals surface area contributed by atoms with Crippen LogP contribution in [0.15, 0.2) is 35.7 Å². The minimum Gasteiger partial charge on any atom is -0.320 e. The van der Waals surface area contributed by atoms with Crippen LogP contribution in [0, 0.1) is 11.6 Å². The lowest BCUT2D eigenvalue weighted by molar-refractivity contribution is -0.115. The van der Waals surface area contributed by atoms with Gasteiger partial charge in [0.25, 0.3) is 0 Å². The van der Waals surface area contributed by atoms with Gasteiger partial charge in [-0.05, 0) is 36.9 Å². The van der Waals surface area contributed by atoms with Gasteiger partial charge in [-0.3, -0.25) is 4.79 Å². The first-order chi connectivity index (χ1) is 10.1. The highest BCUT2D eigenvalue weighted by molar-refractivity contribution is 7.09. The third kappa shape index (κ3) is 4.61. The molecular formula is C15H16F2N2OS. The van der Waals surface area contributed by atoms with Crippen LogP contribution in [0.2, 0.25) is 0 Å². The summed E-state index contributed by atoms with van der Waals surface area (Å²) in [7, 11) is 0. The third-order valence-corrected chi connectivity index (χ3v) is 3.82. The van der Waals surface area contributed by atoms with E-state index in [2.05, 4.69) is 10.6 Å². The van der Waals surface area contributed by atoms with Gasteiger partial charge >= 0.3 is 0 Å². The molecule has 0 spiro atoms. The van der Waals surface area contributed by atoms with E-state index in [0.29, 0.717) is 0 Å². The molecule has 2 rings (SSSR count). The molecule has 1 amide bonds. The average Bonchev–Trinajstić information content (AvgIpc) is 2.94. The Morgan fingerprint density at radius 1 is 1.24 bits per heavy atom. The molecule has 0 fully saturated rings. The Bertz CT molecular complexity index is 581. The molecule has 1 aromatic carbocycles. The van der Waals surface area contributed by atoms with Crippen molar-refractivity contribution in [3.05, 3.63) is 52.2 Å². The minimum absolute atomic E-state index is 0.000314. The van der Waals surface area contributed by atoms with Crippen molar-refractivity contribution >= 4 is 22.9 Å². The molecule has 2 N–H and O–H groups in total. The first-order valence-corrected chi connectivity index (χ1v) is 7.44. The van der Waals surface area contributed by atoms with Gasteiger partial charge < -0.3 is 10.6 Å². The molecule has 112 valence electrons. The van der Waals surface area contributed by atoms with E-state index in [1.165, 1.54) is 10.9 Å². The lowest BCUT2D eigenvalue weighted by Crippen LogP contribution is -2.35. The topological polar surface area (TPSA) is 41.1 Å². The summed E-state index contributed by atoms with van der Waals surface area (Å²) in [6, 6.07) is 7.55. The summed E-state index contributed by atoms with van der Waals surface area (Å²) >= 11 is 1.65. The summed E-state index contributed by atoms with van der Waals surface area (Å²) < 4.78 is 26.8. The van der Waals surface area contributed by atoms with E-state index in [4.69, 9.17) is 0 Å². The largest absolute Gasteiger partial charge is 0.320 e. The summed E-state index contributed by atoms with van der Waals surface area (Å²) in [6.07, 6.45) is 0.805. The molecule has 0 aliphatic carbocycles. The molecule has 0 aliphatic rings. The zero-order chi connectivity index (χ0) is 15.2. The highest BCUT2D eigenvalue weighted by Crippen LogP contribution is 2.17. The molecule has 0 radical (unpaired) electrons. The fraction of sp³-hybridized carbons (Fsp3) is 0.267. The van der Waals surface area contributed by atoms with Gasteiger partial charge in [-0.15, -0.1) is 11.3 Å². The van der Waals surface area contributed by atoms with Gasteiger partial charge in [-0.1, -0.05) is 12.1 Å². The maximum Gasteiger partial charge on any atom is 0.238 e. The highest BCUT2D eigenvalue weighted by Gasteiger charge is 2.12. The van der Waals surface area contributed by atoms with Crippen molar-refractivity contribution in [2.24, 2.45) is 0 Å². The average molecular weight is 310 g/mol. The van der Waals surface area contributed by atoms with Crippen LogP contribution in [0.3, 0.4) is 0 Å². The summed E-state index contributed by atoms with van der Waals surface area (Å²) in [5, 5.41) is 7.27. The Kier molecular flexibility index (Phi) is 5.41. The van der Waals surface area contributed by atoms with Crippen LogP contribution in [-0.4, -0.2) is 18.5 Å². The van der Waals surface area contributed by atoms with Crippen molar-refractivity contribution < 1.29 is 13.6 Å². The molecule has 0 saturated carbocycles. The van der Waals surface area contributed by atoms with Crippen molar-refractivity contribution in [3.63, 3.8) is 0 Å². The molecule has 6 heteroatoms. The van der Waals surface area contributed by atoms with E-state index in [-0.39, 0.29) is 12.6 Å². The van der Waals surface area contributed by atoms with Crippen LogP contribution < -0.4 is 10.6 Å². The SMILES string of the molecule is CC(Cc1cccs1)NCC(=O)Nc1c(F)cccc1F. The number of hydrogen-bond donors (Lipinski definition) is 2. The molecule has 0 saturated heterocycles. The van der Waals surface area contributed by atoms with Crippen molar-refractivity contribution in [3.8, 4) is 0 Å². The molecule has 0 aliphatic heterocycles. The summed E-state index contributed by atoms with van der Waals surface area (Å²) in [5.74, 6) is -2.04. The predicted octanol–water partition coefficient (Wildman–Crippen LogP) is 3.19. The van der Waals surface area contributed by atoms with Crippen LogP contribution in [0.5, 0.6) is 0 Å². The van der Waals surface area contributed by atoms with Gasteiger partial charge in [0.05, 0.1) is 6.54 Å². The summed E-state index contributed by atoms with van der Waals surface area (Å²) in [6.45, 7) is 1.96.